The summed E-state index contributed by atoms with van der Waals surface area (Å²) in [6, 6.07) is 9.60. The Kier molecular flexibility index (Phi) is 7.48. The predicted octanol–water partition coefficient (Wildman–Crippen LogP) is 1.41. The van der Waals surface area contributed by atoms with Crippen LogP contribution in [-0.2, 0) is 29.1 Å². The Morgan fingerprint density at radius 3 is 1.87 bits per heavy atom. The van der Waals surface area contributed by atoms with Gasteiger partial charge in [0.25, 0.3) is 15.9 Å². The van der Waals surface area contributed by atoms with Gasteiger partial charge in [0, 0.05) is 11.3 Å². The van der Waals surface area contributed by atoms with Crippen molar-refractivity contribution < 1.29 is 36.7 Å². The van der Waals surface area contributed by atoms with E-state index >= 15 is 0 Å². The lowest BCUT2D eigenvalue weighted by Crippen LogP contribution is -2.40. The van der Waals surface area contributed by atoms with Gasteiger partial charge in [-0.2, -0.15) is 0 Å². The molecule has 11 heteroatoms. The summed E-state index contributed by atoms with van der Waals surface area (Å²) in [4.78, 5) is 36.5. The van der Waals surface area contributed by atoms with E-state index in [2.05, 4.69) is 14.2 Å². The number of benzene rings is 2. The number of rotatable bonds is 8. The van der Waals surface area contributed by atoms with Crippen LogP contribution in [0.4, 0.5) is 10.1 Å². The zero-order valence-corrected chi connectivity index (χ0v) is 16.9. The van der Waals surface area contributed by atoms with Crippen LogP contribution in [0.1, 0.15) is 10.4 Å². The summed E-state index contributed by atoms with van der Waals surface area (Å²) in [7, 11) is -1.66. The summed E-state index contributed by atoms with van der Waals surface area (Å²) in [6.07, 6.45) is 0. The number of methoxy groups -OCH3 is 2. The zero-order valence-electron chi connectivity index (χ0n) is 16.1. The van der Waals surface area contributed by atoms with Crippen molar-refractivity contribution in [2.75, 3.05) is 32.0 Å². The van der Waals surface area contributed by atoms with Crippen LogP contribution >= 0.6 is 0 Å². The molecule has 0 fully saturated rings. The molecule has 0 atom stereocenters. The van der Waals surface area contributed by atoms with Crippen LogP contribution in [-0.4, -0.2) is 58.5 Å². The average Bonchev–Trinajstić information content (AvgIpc) is 2.73. The van der Waals surface area contributed by atoms with Gasteiger partial charge in [-0.25, -0.2) is 12.8 Å². The number of nitrogens with one attached hydrogen (secondary N) is 1. The van der Waals surface area contributed by atoms with Crippen molar-refractivity contribution in [1.29, 1.82) is 0 Å². The number of sulfonamides is 1. The van der Waals surface area contributed by atoms with Gasteiger partial charge < -0.3 is 14.4 Å². The minimum atomic E-state index is -3.95. The van der Waals surface area contributed by atoms with Crippen LogP contribution in [0, 0.1) is 5.82 Å². The molecule has 0 aliphatic heterocycles. The van der Waals surface area contributed by atoms with Gasteiger partial charge in [0.15, 0.2) is 0 Å². The lowest BCUT2D eigenvalue weighted by molar-refractivity contribution is -0.144. The van der Waals surface area contributed by atoms with E-state index in [-0.39, 0.29) is 16.1 Å². The normalized spacial score (nSPS) is 10.8. The Bertz CT molecular complexity index is 1000. The van der Waals surface area contributed by atoms with E-state index in [9.17, 15) is 27.2 Å². The quantitative estimate of drug-likeness (QED) is 0.619. The van der Waals surface area contributed by atoms with E-state index < -0.39 is 46.8 Å². The number of esters is 2. The molecule has 9 nitrogen and oxygen atoms in total. The Labute approximate surface area is 172 Å². The molecule has 0 spiro atoms. The fraction of sp³-hybridized carbons (Fsp3) is 0.211. The molecule has 0 aliphatic carbocycles. The second-order valence-corrected chi connectivity index (χ2v) is 7.63. The van der Waals surface area contributed by atoms with Crippen LogP contribution in [0.25, 0.3) is 0 Å². The van der Waals surface area contributed by atoms with Gasteiger partial charge in [-0.1, -0.05) is 0 Å². The number of carbonyl (C=O) groups is 3. The molecule has 2 rings (SSSR count). The molecule has 160 valence electrons. The smallest absolute Gasteiger partial charge is 0.325 e. The van der Waals surface area contributed by atoms with Crippen LogP contribution in [0.3, 0.4) is 0 Å². The highest BCUT2D eigenvalue weighted by Crippen LogP contribution is 2.18. The Morgan fingerprint density at radius 1 is 0.900 bits per heavy atom. The van der Waals surface area contributed by atoms with Crippen molar-refractivity contribution in [3.63, 3.8) is 0 Å². The maximum Gasteiger partial charge on any atom is 0.325 e. The number of amides is 1. The van der Waals surface area contributed by atoms with E-state index in [1.165, 1.54) is 24.3 Å². The zero-order chi connectivity index (χ0) is 22.3. The summed E-state index contributed by atoms with van der Waals surface area (Å²) in [5.74, 6) is -2.68. The third kappa shape index (κ3) is 6.01. The maximum absolute atomic E-state index is 13.0. The first-order valence-corrected chi connectivity index (χ1v) is 9.96. The van der Waals surface area contributed by atoms with Crippen LogP contribution in [0.5, 0.6) is 0 Å². The fourth-order valence-electron chi connectivity index (χ4n) is 2.33. The van der Waals surface area contributed by atoms with E-state index in [4.69, 9.17) is 0 Å². The molecule has 0 bridgehead atoms. The molecule has 0 aliphatic rings. The Morgan fingerprint density at radius 2 is 1.40 bits per heavy atom. The predicted molar refractivity (Wildman–Crippen MR) is 104 cm³/mol. The third-order valence-corrected chi connectivity index (χ3v) is 5.29. The maximum atomic E-state index is 13.0. The molecule has 0 saturated carbocycles. The molecular formula is C19H19FN2O7S. The number of carbonyl (C=O) groups excluding carboxylic acids is 3. The van der Waals surface area contributed by atoms with Crippen LogP contribution < -0.4 is 4.72 Å². The second kappa shape index (κ2) is 9.83. The average molecular weight is 438 g/mol. The van der Waals surface area contributed by atoms with Gasteiger partial charge in [-0.3, -0.25) is 19.1 Å². The Balaban J connectivity index is 2.17. The van der Waals surface area contributed by atoms with E-state index in [0.29, 0.717) is 0 Å². The molecule has 0 unspecified atom stereocenters. The van der Waals surface area contributed by atoms with Crippen molar-refractivity contribution >= 4 is 33.6 Å². The molecule has 0 radical (unpaired) electrons. The first kappa shape index (κ1) is 22.8. The molecular weight excluding hydrogens is 419 g/mol. The van der Waals surface area contributed by atoms with Crippen molar-refractivity contribution in [3.8, 4) is 0 Å². The van der Waals surface area contributed by atoms with Gasteiger partial charge in [-0.15, -0.1) is 0 Å². The van der Waals surface area contributed by atoms with E-state index in [0.717, 1.165) is 43.4 Å². The Hall–Kier alpha value is -3.47. The summed E-state index contributed by atoms with van der Waals surface area (Å²) in [5.41, 5.74) is 0.260. The monoisotopic (exact) mass is 438 g/mol. The number of anilines is 1. The van der Waals surface area contributed by atoms with Crippen molar-refractivity contribution in [3.05, 3.63) is 59.9 Å². The number of nitrogens with zero attached hydrogens (tertiary/aromatic N) is 1. The molecule has 1 amide bonds. The highest BCUT2D eigenvalue weighted by Gasteiger charge is 2.22. The number of halogens is 1. The SMILES string of the molecule is COC(=O)CN(CC(=O)OC)C(=O)c1ccc(NS(=O)(=O)c2ccc(F)cc2)cc1. The number of hydrogen-bond donors (Lipinski definition) is 1. The van der Waals surface area contributed by atoms with Gasteiger partial charge in [-0.05, 0) is 48.5 Å². The lowest BCUT2D eigenvalue weighted by atomic mass is 10.2. The minimum Gasteiger partial charge on any atom is -0.468 e. The summed E-state index contributed by atoms with van der Waals surface area (Å²) in [6.45, 7) is -0.938. The summed E-state index contributed by atoms with van der Waals surface area (Å²) >= 11 is 0. The van der Waals surface area contributed by atoms with Crippen molar-refractivity contribution in [2.45, 2.75) is 4.90 Å². The standard InChI is InChI=1S/C19H19FN2O7S/c1-28-17(23)11-22(12-18(24)29-2)19(25)13-3-7-15(8-4-13)21-30(26,27)16-9-5-14(20)6-10-16/h3-10,21H,11-12H2,1-2H3. The topological polar surface area (TPSA) is 119 Å². The van der Waals surface area contributed by atoms with Crippen LogP contribution in [0.15, 0.2) is 53.4 Å². The van der Waals surface area contributed by atoms with E-state index in [1.54, 1.807) is 0 Å². The third-order valence-electron chi connectivity index (χ3n) is 3.89. The van der Waals surface area contributed by atoms with Gasteiger partial charge in [0.2, 0.25) is 0 Å². The summed E-state index contributed by atoms with van der Waals surface area (Å²) < 4.78 is 49.0. The molecule has 1 N–H and O–H groups in total. The fourth-order valence-corrected chi connectivity index (χ4v) is 3.39. The second-order valence-electron chi connectivity index (χ2n) is 5.95. The van der Waals surface area contributed by atoms with Gasteiger partial charge in [0.1, 0.15) is 18.9 Å². The largest absolute Gasteiger partial charge is 0.468 e. The number of ether oxygens (including phenoxy) is 2. The lowest BCUT2D eigenvalue weighted by Gasteiger charge is -2.20. The van der Waals surface area contributed by atoms with Crippen molar-refractivity contribution in [2.24, 2.45) is 0 Å². The van der Waals surface area contributed by atoms with Crippen LogP contribution in [0.2, 0.25) is 0 Å². The molecule has 30 heavy (non-hydrogen) atoms. The van der Waals surface area contributed by atoms with Gasteiger partial charge in [0.05, 0.1) is 19.1 Å². The first-order chi connectivity index (χ1) is 14.2. The first-order valence-electron chi connectivity index (χ1n) is 8.47. The van der Waals surface area contributed by atoms with Gasteiger partial charge >= 0.3 is 11.9 Å². The molecule has 0 saturated heterocycles. The highest BCUT2D eigenvalue weighted by atomic mass is 32.2. The van der Waals surface area contributed by atoms with E-state index in [1.807, 2.05) is 0 Å². The molecule has 2 aromatic carbocycles. The molecule has 0 heterocycles. The number of hydrogen-bond acceptors (Lipinski definition) is 7. The minimum absolute atomic E-state index is 0.104. The molecule has 0 aromatic heterocycles. The highest BCUT2D eigenvalue weighted by molar-refractivity contribution is 7.92. The summed E-state index contributed by atoms with van der Waals surface area (Å²) in [5, 5.41) is 0. The molecule has 2 aromatic rings. The van der Waals surface area contributed by atoms with Crippen molar-refractivity contribution in [1.82, 2.24) is 4.90 Å².